The monoisotopic (exact) mass is 289 g/mol. The lowest BCUT2D eigenvalue weighted by molar-refractivity contribution is 0.132. The number of hydrogen-bond donors (Lipinski definition) is 1. The highest BCUT2D eigenvalue weighted by Gasteiger charge is 2.24. The van der Waals surface area contributed by atoms with Crippen LogP contribution in [0.1, 0.15) is 64.5 Å². The Hall–Kier alpha value is -1.09. The van der Waals surface area contributed by atoms with Crippen molar-refractivity contribution in [3.63, 3.8) is 0 Å². The van der Waals surface area contributed by atoms with E-state index in [2.05, 4.69) is 54.3 Å². The summed E-state index contributed by atoms with van der Waals surface area (Å²) in [7, 11) is 0. The fourth-order valence-corrected chi connectivity index (χ4v) is 3.16. The zero-order valence-corrected chi connectivity index (χ0v) is 13.9. The largest absolute Gasteiger partial charge is 0.370 e. The fourth-order valence-electron chi connectivity index (χ4n) is 3.16. The number of rotatable bonds is 7. The predicted molar refractivity (Wildman–Crippen MR) is 90.6 cm³/mol. The van der Waals surface area contributed by atoms with Crippen molar-refractivity contribution >= 4 is 5.82 Å². The van der Waals surface area contributed by atoms with Crippen molar-refractivity contribution in [2.45, 2.75) is 58.9 Å². The van der Waals surface area contributed by atoms with Crippen LogP contribution in [0.15, 0.2) is 18.3 Å². The topological polar surface area (TPSA) is 28.2 Å². The second-order valence-corrected chi connectivity index (χ2v) is 6.66. The molecule has 0 bridgehead atoms. The molecule has 1 aromatic heterocycles. The lowest BCUT2D eigenvalue weighted by atomic mass is 9.95. The maximum absolute atomic E-state index is 4.60. The minimum Gasteiger partial charge on any atom is -0.370 e. The number of hydrogen-bond acceptors (Lipinski definition) is 3. The summed E-state index contributed by atoms with van der Waals surface area (Å²) in [5.41, 5.74) is 1.39. The molecule has 1 saturated heterocycles. The normalized spacial score (nSPS) is 19.9. The van der Waals surface area contributed by atoms with Crippen molar-refractivity contribution in [3.8, 4) is 0 Å². The molecule has 0 saturated carbocycles. The minimum absolute atomic E-state index is 0.568. The van der Waals surface area contributed by atoms with Gasteiger partial charge >= 0.3 is 0 Å². The van der Waals surface area contributed by atoms with E-state index in [0.717, 1.165) is 18.3 Å². The molecule has 1 N–H and O–H groups in total. The minimum atomic E-state index is 0.568. The fraction of sp³-hybridized carbons (Fsp3) is 0.722. The molecule has 2 rings (SSSR count). The number of nitrogens with zero attached hydrogens (tertiary/aromatic N) is 2. The highest BCUT2D eigenvalue weighted by molar-refractivity contribution is 5.36. The van der Waals surface area contributed by atoms with Crippen LogP contribution >= 0.6 is 0 Å². The van der Waals surface area contributed by atoms with Gasteiger partial charge in [0.2, 0.25) is 0 Å². The van der Waals surface area contributed by atoms with Crippen molar-refractivity contribution < 1.29 is 0 Å². The maximum Gasteiger partial charge on any atom is 0.125 e. The Morgan fingerprint density at radius 1 is 1.33 bits per heavy atom. The number of pyridine rings is 1. The molecule has 1 unspecified atom stereocenters. The molecule has 1 atom stereocenters. The molecular formula is C18H31N3. The lowest BCUT2D eigenvalue weighted by Gasteiger charge is -2.37. The smallest absolute Gasteiger partial charge is 0.125 e. The predicted octanol–water partition coefficient (Wildman–Crippen LogP) is 4.48. The molecular weight excluding hydrogens is 258 g/mol. The molecule has 1 aliphatic rings. The van der Waals surface area contributed by atoms with Crippen LogP contribution in [0.25, 0.3) is 0 Å². The SMILES string of the molecule is CCCCNc1ccc(C2CCCCN2CC(C)C)cn1. The van der Waals surface area contributed by atoms with Crippen molar-refractivity contribution in [1.82, 2.24) is 9.88 Å². The maximum atomic E-state index is 4.60. The zero-order chi connectivity index (χ0) is 15.1. The van der Waals surface area contributed by atoms with Crippen LogP contribution in [-0.4, -0.2) is 29.5 Å². The summed E-state index contributed by atoms with van der Waals surface area (Å²) < 4.78 is 0. The third kappa shape index (κ3) is 4.99. The van der Waals surface area contributed by atoms with Gasteiger partial charge in [0.1, 0.15) is 5.82 Å². The Morgan fingerprint density at radius 3 is 2.86 bits per heavy atom. The van der Waals surface area contributed by atoms with Gasteiger partial charge in [-0.15, -0.1) is 0 Å². The third-order valence-corrected chi connectivity index (χ3v) is 4.22. The van der Waals surface area contributed by atoms with Crippen molar-refractivity contribution in [3.05, 3.63) is 23.9 Å². The molecule has 1 aromatic rings. The third-order valence-electron chi connectivity index (χ3n) is 4.22. The van der Waals surface area contributed by atoms with E-state index in [9.17, 15) is 0 Å². The van der Waals surface area contributed by atoms with E-state index in [1.807, 2.05) is 0 Å². The van der Waals surface area contributed by atoms with Crippen molar-refractivity contribution in [1.29, 1.82) is 0 Å². The lowest BCUT2D eigenvalue weighted by Crippen LogP contribution is -2.36. The molecule has 118 valence electrons. The Morgan fingerprint density at radius 2 is 2.19 bits per heavy atom. The first-order valence-corrected chi connectivity index (χ1v) is 8.64. The van der Waals surface area contributed by atoms with Gasteiger partial charge in [-0.25, -0.2) is 4.98 Å². The summed E-state index contributed by atoms with van der Waals surface area (Å²) in [4.78, 5) is 7.25. The van der Waals surface area contributed by atoms with Gasteiger partial charge in [0, 0.05) is 25.3 Å². The highest BCUT2D eigenvalue weighted by Crippen LogP contribution is 2.31. The first-order valence-electron chi connectivity index (χ1n) is 8.64. The van der Waals surface area contributed by atoms with E-state index in [0.29, 0.717) is 6.04 Å². The second kappa shape index (κ2) is 8.38. The van der Waals surface area contributed by atoms with Gasteiger partial charge in [0.15, 0.2) is 0 Å². The van der Waals surface area contributed by atoms with Crippen LogP contribution in [0.4, 0.5) is 5.82 Å². The van der Waals surface area contributed by atoms with E-state index in [1.165, 1.54) is 50.8 Å². The zero-order valence-electron chi connectivity index (χ0n) is 13.9. The van der Waals surface area contributed by atoms with E-state index in [1.54, 1.807) is 0 Å². The Kier molecular flexibility index (Phi) is 6.50. The van der Waals surface area contributed by atoms with E-state index in [4.69, 9.17) is 0 Å². The number of nitrogens with one attached hydrogen (secondary N) is 1. The van der Waals surface area contributed by atoms with Gasteiger partial charge in [-0.3, -0.25) is 4.90 Å². The summed E-state index contributed by atoms with van der Waals surface area (Å²) >= 11 is 0. The van der Waals surface area contributed by atoms with Crippen molar-refractivity contribution in [2.24, 2.45) is 5.92 Å². The van der Waals surface area contributed by atoms with E-state index in [-0.39, 0.29) is 0 Å². The molecule has 21 heavy (non-hydrogen) atoms. The molecule has 0 aliphatic carbocycles. The Bertz CT molecular complexity index is 399. The molecule has 2 heterocycles. The summed E-state index contributed by atoms with van der Waals surface area (Å²) in [6.07, 6.45) is 8.46. The number of aromatic nitrogens is 1. The van der Waals surface area contributed by atoms with Crippen molar-refractivity contribution in [2.75, 3.05) is 25.0 Å². The van der Waals surface area contributed by atoms with Crippen LogP contribution in [0.5, 0.6) is 0 Å². The number of likely N-dealkylation sites (tertiary alicyclic amines) is 1. The standard InChI is InChI=1S/C18H31N3/c1-4-5-11-19-18-10-9-16(13-20-18)17-8-6-7-12-21(17)14-15(2)3/h9-10,13,15,17H,4-8,11-12,14H2,1-3H3,(H,19,20). The van der Waals surface area contributed by atoms with Crippen LogP contribution < -0.4 is 5.32 Å². The number of unbranched alkanes of at least 4 members (excludes halogenated alkanes) is 1. The Balaban J connectivity index is 1.98. The molecule has 1 aliphatic heterocycles. The average Bonchev–Trinajstić information content (AvgIpc) is 2.48. The summed E-state index contributed by atoms with van der Waals surface area (Å²) in [5, 5.41) is 3.39. The molecule has 0 aromatic carbocycles. The average molecular weight is 289 g/mol. The quantitative estimate of drug-likeness (QED) is 0.750. The summed E-state index contributed by atoms with van der Waals surface area (Å²) in [5.74, 6) is 1.74. The molecule has 1 fully saturated rings. The molecule has 3 nitrogen and oxygen atoms in total. The first kappa shape index (κ1) is 16.3. The second-order valence-electron chi connectivity index (χ2n) is 6.66. The van der Waals surface area contributed by atoms with Crippen LogP contribution in [0.2, 0.25) is 0 Å². The van der Waals surface area contributed by atoms with Gasteiger partial charge in [-0.05, 0) is 43.4 Å². The van der Waals surface area contributed by atoms with E-state index >= 15 is 0 Å². The molecule has 3 heteroatoms. The Labute approximate surface area is 130 Å². The van der Waals surface area contributed by atoms with Gasteiger partial charge in [0.25, 0.3) is 0 Å². The first-order chi connectivity index (χ1) is 10.2. The van der Waals surface area contributed by atoms with Gasteiger partial charge in [-0.1, -0.05) is 39.7 Å². The number of piperidine rings is 1. The van der Waals surface area contributed by atoms with Crippen LogP contribution in [-0.2, 0) is 0 Å². The van der Waals surface area contributed by atoms with Gasteiger partial charge in [0.05, 0.1) is 0 Å². The van der Waals surface area contributed by atoms with Crippen LogP contribution in [0.3, 0.4) is 0 Å². The van der Waals surface area contributed by atoms with Gasteiger partial charge < -0.3 is 5.32 Å². The highest BCUT2D eigenvalue weighted by atomic mass is 15.2. The summed E-state index contributed by atoms with van der Waals surface area (Å²) in [6.45, 7) is 10.3. The molecule has 0 radical (unpaired) electrons. The molecule has 0 spiro atoms. The summed E-state index contributed by atoms with van der Waals surface area (Å²) in [6, 6.07) is 4.98. The number of anilines is 1. The molecule has 0 amide bonds. The van der Waals surface area contributed by atoms with Gasteiger partial charge in [-0.2, -0.15) is 0 Å². The van der Waals surface area contributed by atoms with Crippen LogP contribution in [0, 0.1) is 5.92 Å². The van der Waals surface area contributed by atoms with E-state index < -0.39 is 0 Å².